The molecule has 2 atom stereocenters. The molecule has 108 valence electrons. The molecule has 1 rings (SSSR count). The fraction of sp³-hybridized carbons (Fsp3) is 1.00. The number of hydrogen-bond donors (Lipinski definition) is 2. The Morgan fingerprint density at radius 1 is 1.22 bits per heavy atom. The Hall–Kier alpha value is -0.120. The summed E-state index contributed by atoms with van der Waals surface area (Å²) in [6, 6.07) is 0. The van der Waals surface area contributed by atoms with E-state index < -0.39 is 0 Å². The summed E-state index contributed by atoms with van der Waals surface area (Å²) in [5, 5.41) is 13.1. The number of ether oxygens (including phenoxy) is 1. The maximum atomic E-state index is 9.74. The molecule has 0 heterocycles. The number of aliphatic hydroxyl groups excluding tert-OH is 1. The van der Waals surface area contributed by atoms with Crippen molar-refractivity contribution in [3.05, 3.63) is 0 Å². The molecule has 0 saturated heterocycles. The molecular formula is C15H31NO2. The van der Waals surface area contributed by atoms with Gasteiger partial charge in [-0.15, -0.1) is 0 Å². The van der Waals surface area contributed by atoms with Crippen molar-refractivity contribution in [2.45, 2.75) is 52.6 Å². The van der Waals surface area contributed by atoms with Gasteiger partial charge in [-0.3, -0.25) is 0 Å². The average molecular weight is 257 g/mol. The van der Waals surface area contributed by atoms with Gasteiger partial charge in [0.1, 0.15) is 0 Å². The second-order valence-corrected chi connectivity index (χ2v) is 6.24. The van der Waals surface area contributed by atoms with E-state index in [2.05, 4.69) is 26.1 Å². The number of aliphatic hydroxyl groups is 1. The van der Waals surface area contributed by atoms with Crippen LogP contribution in [0, 0.1) is 17.8 Å². The molecule has 0 aliphatic heterocycles. The van der Waals surface area contributed by atoms with E-state index in [1.807, 2.05) is 0 Å². The lowest BCUT2D eigenvalue weighted by atomic mass is 10.1. The Morgan fingerprint density at radius 3 is 2.56 bits per heavy atom. The minimum atomic E-state index is -0.365. The predicted octanol–water partition coefficient (Wildman–Crippen LogP) is 2.44. The molecule has 3 nitrogen and oxygen atoms in total. The fourth-order valence-corrected chi connectivity index (χ4v) is 2.18. The van der Waals surface area contributed by atoms with Crippen molar-refractivity contribution in [2.75, 3.05) is 26.3 Å². The van der Waals surface area contributed by atoms with Gasteiger partial charge in [0.25, 0.3) is 0 Å². The van der Waals surface area contributed by atoms with Crippen LogP contribution in [0.15, 0.2) is 0 Å². The molecule has 0 amide bonds. The molecule has 2 N–H and O–H groups in total. The molecule has 1 saturated carbocycles. The van der Waals surface area contributed by atoms with Gasteiger partial charge < -0.3 is 15.2 Å². The molecule has 3 heteroatoms. The van der Waals surface area contributed by atoms with Crippen LogP contribution in [0.2, 0.25) is 0 Å². The normalized spacial score (nSPS) is 19.2. The van der Waals surface area contributed by atoms with Gasteiger partial charge >= 0.3 is 0 Å². The maximum absolute atomic E-state index is 9.74. The SMILES string of the molecule is CC(C)CCCOCC(O)CNCC(C)C1CC1. The molecule has 0 aromatic carbocycles. The van der Waals surface area contributed by atoms with Gasteiger partial charge in [0.05, 0.1) is 12.7 Å². The highest BCUT2D eigenvalue weighted by Crippen LogP contribution is 2.35. The Kier molecular flexibility index (Phi) is 7.87. The third-order valence-corrected chi connectivity index (χ3v) is 3.65. The van der Waals surface area contributed by atoms with Crippen molar-refractivity contribution in [1.29, 1.82) is 0 Å². The Balaban J connectivity index is 1.85. The highest BCUT2D eigenvalue weighted by atomic mass is 16.5. The van der Waals surface area contributed by atoms with Crippen LogP contribution >= 0.6 is 0 Å². The van der Waals surface area contributed by atoms with Crippen molar-refractivity contribution < 1.29 is 9.84 Å². The number of nitrogens with one attached hydrogen (secondary N) is 1. The van der Waals surface area contributed by atoms with Gasteiger partial charge in [-0.1, -0.05) is 20.8 Å². The highest BCUT2D eigenvalue weighted by Gasteiger charge is 2.27. The molecule has 0 bridgehead atoms. The van der Waals surface area contributed by atoms with Crippen LogP contribution in [-0.2, 0) is 4.74 Å². The highest BCUT2D eigenvalue weighted by molar-refractivity contribution is 4.80. The smallest absolute Gasteiger partial charge is 0.0897 e. The van der Waals surface area contributed by atoms with Gasteiger partial charge in [-0.2, -0.15) is 0 Å². The summed E-state index contributed by atoms with van der Waals surface area (Å²) >= 11 is 0. The zero-order chi connectivity index (χ0) is 13.4. The van der Waals surface area contributed by atoms with E-state index >= 15 is 0 Å². The first-order valence-electron chi connectivity index (χ1n) is 7.56. The van der Waals surface area contributed by atoms with Crippen LogP contribution < -0.4 is 5.32 Å². The molecule has 18 heavy (non-hydrogen) atoms. The molecule has 0 spiro atoms. The lowest BCUT2D eigenvalue weighted by Crippen LogP contribution is -2.33. The van der Waals surface area contributed by atoms with Crippen LogP contribution in [0.4, 0.5) is 0 Å². The van der Waals surface area contributed by atoms with Crippen molar-refractivity contribution in [1.82, 2.24) is 5.32 Å². The van der Waals surface area contributed by atoms with Gasteiger partial charge in [0.2, 0.25) is 0 Å². The van der Waals surface area contributed by atoms with E-state index in [1.54, 1.807) is 0 Å². The summed E-state index contributed by atoms with van der Waals surface area (Å²) in [6.45, 7) is 9.64. The molecule has 0 radical (unpaired) electrons. The summed E-state index contributed by atoms with van der Waals surface area (Å²) in [7, 11) is 0. The van der Waals surface area contributed by atoms with Crippen molar-refractivity contribution in [2.24, 2.45) is 17.8 Å². The molecule has 1 aliphatic rings. The van der Waals surface area contributed by atoms with Gasteiger partial charge in [0.15, 0.2) is 0 Å². The van der Waals surface area contributed by atoms with Gasteiger partial charge in [-0.25, -0.2) is 0 Å². The van der Waals surface area contributed by atoms with E-state index in [0.29, 0.717) is 13.2 Å². The molecule has 0 aromatic heterocycles. The summed E-state index contributed by atoms with van der Waals surface area (Å²) < 4.78 is 5.47. The standard InChI is InChI=1S/C15H31NO2/c1-12(2)5-4-8-18-11-15(17)10-16-9-13(3)14-6-7-14/h12-17H,4-11H2,1-3H3. The van der Waals surface area contributed by atoms with Gasteiger partial charge in [0, 0.05) is 13.2 Å². The summed E-state index contributed by atoms with van der Waals surface area (Å²) in [6.07, 6.45) is 4.72. The zero-order valence-corrected chi connectivity index (χ0v) is 12.3. The third-order valence-electron chi connectivity index (χ3n) is 3.65. The summed E-state index contributed by atoms with van der Waals surface area (Å²) in [5.41, 5.74) is 0. The second-order valence-electron chi connectivity index (χ2n) is 6.24. The minimum Gasteiger partial charge on any atom is -0.389 e. The lowest BCUT2D eigenvalue weighted by molar-refractivity contribution is 0.0344. The zero-order valence-electron chi connectivity index (χ0n) is 12.3. The van der Waals surface area contributed by atoms with Crippen LogP contribution in [0.25, 0.3) is 0 Å². The number of rotatable bonds is 11. The van der Waals surface area contributed by atoms with Crippen LogP contribution in [0.5, 0.6) is 0 Å². The minimum absolute atomic E-state index is 0.365. The van der Waals surface area contributed by atoms with Crippen molar-refractivity contribution in [3.8, 4) is 0 Å². The predicted molar refractivity (Wildman–Crippen MR) is 75.7 cm³/mol. The first-order valence-corrected chi connectivity index (χ1v) is 7.56. The lowest BCUT2D eigenvalue weighted by Gasteiger charge is -2.15. The molecular weight excluding hydrogens is 226 g/mol. The quantitative estimate of drug-likeness (QED) is 0.559. The number of hydrogen-bond acceptors (Lipinski definition) is 3. The van der Waals surface area contributed by atoms with Gasteiger partial charge in [-0.05, 0) is 50.0 Å². The van der Waals surface area contributed by atoms with Crippen molar-refractivity contribution in [3.63, 3.8) is 0 Å². The summed E-state index contributed by atoms with van der Waals surface area (Å²) in [5.74, 6) is 2.43. The molecule has 0 aromatic rings. The van der Waals surface area contributed by atoms with E-state index in [4.69, 9.17) is 4.74 Å². The van der Waals surface area contributed by atoms with Crippen LogP contribution in [0.3, 0.4) is 0 Å². The molecule has 1 aliphatic carbocycles. The van der Waals surface area contributed by atoms with E-state index in [1.165, 1.54) is 19.3 Å². The monoisotopic (exact) mass is 257 g/mol. The third kappa shape index (κ3) is 8.06. The Bertz CT molecular complexity index is 205. The summed E-state index contributed by atoms with van der Waals surface area (Å²) in [4.78, 5) is 0. The van der Waals surface area contributed by atoms with E-state index in [0.717, 1.165) is 37.3 Å². The Morgan fingerprint density at radius 2 is 1.94 bits per heavy atom. The Labute approximate surface area is 112 Å². The first kappa shape index (κ1) is 15.9. The maximum Gasteiger partial charge on any atom is 0.0897 e. The van der Waals surface area contributed by atoms with Crippen LogP contribution in [-0.4, -0.2) is 37.5 Å². The largest absolute Gasteiger partial charge is 0.389 e. The van der Waals surface area contributed by atoms with Crippen LogP contribution in [0.1, 0.15) is 46.5 Å². The van der Waals surface area contributed by atoms with Crippen molar-refractivity contribution >= 4 is 0 Å². The molecule has 1 fully saturated rings. The fourth-order valence-electron chi connectivity index (χ4n) is 2.18. The molecule has 2 unspecified atom stereocenters. The van der Waals surface area contributed by atoms with E-state index in [-0.39, 0.29) is 6.10 Å². The average Bonchev–Trinajstić information content (AvgIpc) is 3.11. The first-order chi connectivity index (χ1) is 8.59. The topological polar surface area (TPSA) is 41.5 Å². The second kappa shape index (κ2) is 8.89. The van der Waals surface area contributed by atoms with E-state index in [9.17, 15) is 5.11 Å².